The van der Waals surface area contributed by atoms with E-state index in [1.165, 1.54) is 4.90 Å². The summed E-state index contributed by atoms with van der Waals surface area (Å²) in [5, 5.41) is 0. The van der Waals surface area contributed by atoms with Crippen LogP contribution in [0.2, 0.25) is 0 Å². The second kappa shape index (κ2) is 5.75. The molecule has 2 heterocycles. The summed E-state index contributed by atoms with van der Waals surface area (Å²) >= 11 is 0. The summed E-state index contributed by atoms with van der Waals surface area (Å²) in [6, 6.07) is 1.86. The predicted octanol–water partition coefficient (Wildman–Crippen LogP) is 1.22. The third kappa shape index (κ3) is 3.81. The summed E-state index contributed by atoms with van der Waals surface area (Å²) in [6.07, 6.45) is -0.741. The van der Waals surface area contributed by atoms with E-state index in [9.17, 15) is 13.2 Å². The molecule has 0 atom stereocenters. The van der Waals surface area contributed by atoms with Gasteiger partial charge in [0.25, 0.3) is 0 Å². The average molecular weight is 274 g/mol. The molecule has 1 fully saturated rings. The molecule has 1 aromatic heterocycles. The van der Waals surface area contributed by atoms with Gasteiger partial charge < -0.3 is 10.6 Å². The molecule has 0 radical (unpaired) electrons. The minimum Gasteiger partial charge on any atom is -0.369 e. The van der Waals surface area contributed by atoms with Gasteiger partial charge in [0.2, 0.25) is 0 Å². The summed E-state index contributed by atoms with van der Waals surface area (Å²) in [6.45, 7) is 1.52. The Hall–Kier alpha value is -1.34. The van der Waals surface area contributed by atoms with Crippen molar-refractivity contribution in [2.45, 2.75) is 12.7 Å². The number of hydrogen-bond acceptors (Lipinski definition) is 4. The van der Waals surface area contributed by atoms with Crippen molar-refractivity contribution < 1.29 is 13.2 Å². The van der Waals surface area contributed by atoms with E-state index in [0.29, 0.717) is 32.7 Å². The Balaban J connectivity index is 1.96. The number of alkyl halides is 3. The maximum Gasteiger partial charge on any atom is 0.401 e. The van der Waals surface area contributed by atoms with Crippen LogP contribution in [0.3, 0.4) is 0 Å². The number of aromatic nitrogens is 1. The Bertz CT molecular complexity index is 414. The lowest BCUT2D eigenvalue weighted by atomic mass is 10.2. The van der Waals surface area contributed by atoms with Crippen LogP contribution in [-0.2, 0) is 6.54 Å². The minimum absolute atomic E-state index is 0.381. The third-order valence-corrected chi connectivity index (χ3v) is 3.21. The van der Waals surface area contributed by atoms with Crippen LogP contribution in [0.15, 0.2) is 18.5 Å². The molecule has 4 nitrogen and oxygen atoms in total. The highest BCUT2D eigenvalue weighted by atomic mass is 19.4. The van der Waals surface area contributed by atoms with E-state index in [1.807, 2.05) is 6.07 Å². The van der Waals surface area contributed by atoms with E-state index in [-0.39, 0.29) is 0 Å². The summed E-state index contributed by atoms with van der Waals surface area (Å²) in [4.78, 5) is 7.51. The van der Waals surface area contributed by atoms with Gasteiger partial charge in [0.05, 0.1) is 6.54 Å². The van der Waals surface area contributed by atoms with Crippen molar-refractivity contribution in [1.29, 1.82) is 0 Å². The van der Waals surface area contributed by atoms with Crippen molar-refractivity contribution in [3.63, 3.8) is 0 Å². The first-order chi connectivity index (χ1) is 8.99. The van der Waals surface area contributed by atoms with E-state index >= 15 is 0 Å². The van der Waals surface area contributed by atoms with Gasteiger partial charge in [0, 0.05) is 56.4 Å². The molecule has 0 spiro atoms. The van der Waals surface area contributed by atoms with Crippen molar-refractivity contribution in [3.8, 4) is 0 Å². The first kappa shape index (κ1) is 14.1. The second-order valence-corrected chi connectivity index (χ2v) is 4.59. The van der Waals surface area contributed by atoms with Gasteiger partial charge in [-0.15, -0.1) is 0 Å². The lowest BCUT2D eigenvalue weighted by molar-refractivity contribution is -0.146. The monoisotopic (exact) mass is 274 g/mol. The first-order valence-corrected chi connectivity index (χ1v) is 6.16. The Morgan fingerprint density at radius 3 is 2.47 bits per heavy atom. The van der Waals surface area contributed by atoms with Gasteiger partial charge in [-0.25, -0.2) is 0 Å². The Morgan fingerprint density at radius 1 is 1.21 bits per heavy atom. The third-order valence-electron chi connectivity index (χ3n) is 3.21. The van der Waals surface area contributed by atoms with Crippen LogP contribution < -0.4 is 10.6 Å². The van der Waals surface area contributed by atoms with E-state index in [2.05, 4.69) is 9.88 Å². The fourth-order valence-electron chi connectivity index (χ4n) is 2.29. The number of nitrogens with two attached hydrogens (primary N) is 1. The molecule has 7 heteroatoms. The molecule has 0 aliphatic carbocycles. The number of nitrogens with zero attached hydrogens (tertiary/aromatic N) is 3. The number of anilines is 1. The lowest BCUT2D eigenvalue weighted by Crippen LogP contribution is -2.49. The van der Waals surface area contributed by atoms with Gasteiger partial charge in [0.15, 0.2) is 0 Å². The maximum absolute atomic E-state index is 12.3. The normalized spacial score (nSPS) is 17.8. The quantitative estimate of drug-likeness (QED) is 0.900. The van der Waals surface area contributed by atoms with Crippen LogP contribution in [0, 0.1) is 0 Å². The molecule has 0 bridgehead atoms. The molecular formula is C12H17F3N4. The van der Waals surface area contributed by atoms with Crippen LogP contribution in [0.1, 0.15) is 5.56 Å². The van der Waals surface area contributed by atoms with Crippen LogP contribution >= 0.6 is 0 Å². The number of piperazine rings is 1. The fourth-order valence-corrected chi connectivity index (χ4v) is 2.29. The molecule has 0 amide bonds. The summed E-state index contributed by atoms with van der Waals surface area (Å²) < 4.78 is 36.9. The smallest absolute Gasteiger partial charge is 0.369 e. The summed E-state index contributed by atoms with van der Waals surface area (Å²) in [5.74, 6) is 0. The van der Waals surface area contributed by atoms with Crippen LogP contribution in [0.25, 0.3) is 0 Å². The van der Waals surface area contributed by atoms with Crippen molar-refractivity contribution in [2.24, 2.45) is 5.73 Å². The zero-order chi connectivity index (χ0) is 13.9. The van der Waals surface area contributed by atoms with Crippen molar-refractivity contribution in [3.05, 3.63) is 24.0 Å². The van der Waals surface area contributed by atoms with Gasteiger partial charge in [-0.2, -0.15) is 13.2 Å². The zero-order valence-corrected chi connectivity index (χ0v) is 10.5. The minimum atomic E-state index is -4.12. The summed E-state index contributed by atoms with van der Waals surface area (Å²) in [5.41, 5.74) is 7.54. The Labute approximate surface area is 110 Å². The van der Waals surface area contributed by atoms with Crippen LogP contribution in [0.5, 0.6) is 0 Å². The molecule has 2 N–H and O–H groups in total. The van der Waals surface area contributed by atoms with Gasteiger partial charge in [0.1, 0.15) is 0 Å². The molecule has 0 unspecified atom stereocenters. The van der Waals surface area contributed by atoms with E-state index in [1.54, 1.807) is 12.4 Å². The number of halogens is 3. The topological polar surface area (TPSA) is 45.4 Å². The number of pyridine rings is 1. The largest absolute Gasteiger partial charge is 0.401 e. The average Bonchev–Trinajstić information content (AvgIpc) is 2.38. The molecule has 1 saturated heterocycles. The highest BCUT2D eigenvalue weighted by molar-refractivity contribution is 5.52. The van der Waals surface area contributed by atoms with Crippen molar-refractivity contribution >= 4 is 5.69 Å². The van der Waals surface area contributed by atoms with E-state index in [0.717, 1.165) is 11.3 Å². The highest BCUT2D eigenvalue weighted by Crippen LogP contribution is 2.22. The van der Waals surface area contributed by atoms with Crippen LogP contribution in [-0.4, -0.2) is 48.8 Å². The number of rotatable bonds is 3. The van der Waals surface area contributed by atoms with Gasteiger partial charge in [-0.3, -0.25) is 9.88 Å². The lowest BCUT2D eigenvalue weighted by Gasteiger charge is -2.37. The molecule has 0 saturated carbocycles. The van der Waals surface area contributed by atoms with E-state index in [4.69, 9.17) is 5.73 Å². The fraction of sp³-hybridized carbons (Fsp3) is 0.583. The zero-order valence-electron chi connectivity index (χ0n) is 10.5. The van der Waals surface area contributed by atoms with Crippen molar-refractivity contribution in [2.75, 3.05) is 37.6 Å². The standard InChI is InChI=1S/C12H17F3N4/c13-12(14,15)9-18-3-5-19(6-4-18)11-1-2-17-8-10(11)7-16/h1-2,8H,3-7,9,16H2. The highest BCUT2D eigenvalue weighted by Gasteiger charge is 2.32. The molecule has 0 aromatic carbocycles. The van der Waals surface area contributed by atoms with Gasteiger partial charge in [-0.05, 0) is 6.07 Å². The van der Waals surface area contributed by atoms with Crippen LogP contribution in [0.4, 0.5) is 18.9 Å². The first-order valence-electron chi connectivity index (χ1n) is 6.16. The molecular weight excluding hydrogens is 257 g/mol. The molecule has 2 rings (SSSR count). The molecule has 1 aromatic rings. The summed E-state index contributed by atoms with van der Waals surface area (Å²) in [7, 11) is 0. The Morgan fingerprint density at radius 2 is 1.89 bits per heavy atom. The van der Waals surface area contributed by atoms with Crippen molar-refractivity contribution in [1.82, 2.24) is 9.88 Å². The van der Waals surface area contributed by atoms with E-state index < -0.39 is 12.7 Å². The molecule has 1 aliphatic heterocycles. The Kier molecular flexibility index (Phi) is 4.26. The van der Waals surface area contributed by atoms with Gasteiger partial charge in [-0.1, -0.05) is 0 Å². The molecule has 106 valence electrons. The predicted molar refractivity (Wildman–Crippen MR) is 66.8 cm³/mol. The molecule has 19 heavy (non-hydrogen) atoms. The maximum atomic E-state index is 12.3. The second-order valence-electron chi connectivity index (χ2n) is 4.59. The van der Waals surface area contributed by atoms with Gasteiger partial charge >= 0.3 is 6.18 Å². The molecule has 1 aliphatic rings. The SMILES string of the molecule is NCc1cnccc1N1CCN(CC(F)(F)F)CC1. The number of hydrogen-bond donors (Lipinski definition) is 1.